The molecule has 8 rings (SSSR count). The molecule has 13 heteroatoms. The number of fused-ring (bicyclic) bond motifs is 5. The van der Waals surface area contributed by atoms with E-state index in [2.05, 4.69) is 25.1 Å². The van der Waals surface area contributed by atoms with E-state index in [1.165, 1.54) is 12.1 Å². The highest BCUT2D eigenvalue weighted by molar-refractivity contribution is 7.22. The summed E-state index contributed by atoms with van der Waals surface area (Å²) in [5.74, 6) is -0.494. The highest BCUT2D eigenvalue weighted by atomic mass is 35.5. The van der Waals surface area contributed by atoms with Gasteiger partial charge in [0.2, 0.25) is 0 Å². The fourth-order valence-electron chi connectivity index (χ4n) is 7.70. The van der Waals surface area contributed by atoms with Crippen molar-refractivity contribution in [2.24, 2.45) is 0 Å². The average Bonchev–Trinajstić information content (AvgIpc) is 3.75. The minimum absolute atomic E-state index is 0.0970. The molecular formula is C30H32ClF2N7O2S. The van der Waals surface area contributed by atoms with Crippen LogP contribution >= 0.6 is 22.9 Å². The van der Waals surface area contributed by atoms with E-state index >= 15 is 4.39 Å². The molecular weight excluding hydrogens is 596 g/mol. The predicted octanol–water partition coefficient (Wildman–Crippen LogP) is 4.99. The summed E-state index contributed by atoms with van der Waals surface area (Å²) in [6.07, 6.45) is 5.29. The molecule has 4 aliphatic heterocycles. The number of piperazine rings is 1. The van der Waals surface area contributed by atoms with Crippen molar-refractivity contribution in [3.63, 3.8) is 0 Å². The molecule has 4 saturated heterocycles. The number of ether oxygens (including phenoxy) is 2. The van der Waals surface area contributed by atoms with Gasteiger partial charge in [0.15, 0.2) is 10.9 Å². The number of thiazole rings is 1. The van der Waals surface area contributed by atoms with Crippen LogP contribution in [-0.4, -0.2) is 83.5 Å². The van der Waals surface area contributed by atoms with Crippen molar-refractivity contribution in [2.45, 2.75) is 55.8 Å². The molecule has 4 aliphatic rings. The molecule has 2 unspecified atom stereocenters. The molecule has 4 fully saturated rings. The van der Waals surface area contributed by atoms with E-state index in [9.17, 15) is 4.39 Å². The van der Waals surface area contributed by atoms with E-state index < -0.39 is 11.6 Å². The zero-order chi connectivity index (χ0) is 29.5. The van der Waals surface area contributed by atoms with Crippen molar-refractivity contribution < 1.29 is 18.3 Å². The Morgan fingerprint density at radius 3 is 2.74 bits per heavy atom. The van der Waals surface area contributed by atoms with Crippen molar-refractivity contribution >= 4 is 55.0 Å². The summed E-state index contributed by atoms with van der Waals surface area (Å²) in [5.41, 5.74) is 6.59. The van der Waals surface area contributed by atoms with Crippen LogP contribution in [0, 0.1) is 11.6 Å². The standard InChI is InChI=1S/C30H32ClF2N7O2S/c1-41-17-10-30(7-2-8-40(30)13-17)14-42-29-37-24-19(27(38-29)39-11-15-3-4-16(12-39)35-15)9-20(31)22(23(24)33)18-5-6-21(32)26-25(18)36-28(34)43-26/h5-6,9,15-17,35H,2-4,7-8,10-14H2,1H3,(H2,34,36)/t15?,16?,17-,30+/m1/s1. The molecule has 2 aromatic heterocycles. The van der Waals surface area contributed by atoms with Crippen LogP contribution in [0.3, 0.4) is 0 Å². The first-order valence-electron chi connectivity index (χ1n) is 14.8. The van der Waals surface area contributed by atoms with Crippen LogP contribution in [0.2, 0.25) is 5.02 Å². The predicted molar refractivity (Wildman–Crippen MR) is 164 cm³/mol. The van der Waals surface area contributed by atoms with E-state index in [4.69, 9.17) is 31.8 Å². The van der Waals surface area contributed by atoms with E-state index in [1.807, 2.05) is 0 Å². The highest BCUT2D eigenvalue weighted by Crippen LogP contribution is 2.44. The maximum absolute atomic E-state index is 16.8. The normalized spacial score (nSPS) is 27.1. The van der Waals surface area contributed by atoms with Crippen molar-refractivity contribution in [1.82, 2.24) is 25.2 Å². The third-order valence-corrected chi connectivity index (χ3v) is 10.9. The van der Waals surface area contributed by atoms with Crippen molar-refractivity contribution in [1.29, 1.82) is 0 Å². The van der Waals surface area contributed by atoms with Gasteiger partial charge in [0.05, 0.1) is 26.9 Å². The number of benzene rings is 2. The lowest BCUT2D eigenvalue weighted by atomic mass is 9.94. The van der Waals surface area contributed by atoms with E-state index in [-0.39, 0.29) is 49.1 Å². The van der Waals surface area contributed by atoms with Gasteiger partial charge in [-0.05, 0) is 56.8 Å². The second-order valence-electron chi connectivity index (χ2n) is 12.3. The molecule has 0 radical (unpaired) electrons. The minimum Gasteiger partial charge on any atom is -0.461 e. The number of hydrogen-bond acceptors (Lipinski definition) is 10. The summed E-state index contributed by atoms with van der Waals surface area (Å²) in [7, 11) is 1.75. The third-order valence-electron chi connectivity index (χ3n) is 9.72. The number of methoxy groups -OCH3 is 1. The van der Waals surface area contributed by atoms with Gasteiger partial charge in [0, 0.05) is 55.3 Å². The van der Waals surface area contributed by atoms with Crippen LogP contribution in [0.5, 0.6) is 6.01 Å². The molecule has 4 aromatic rings. The number of nitrogens with two attached hydrogens (primary N) is 1. The Morgan fingerprint density at radius 2 is 1.95 bits per heavy atom. The monoisotopic (exact) mass is 627 g/mol. The maximum atomic E-state index is 16.8. The smallest absolute Gasteiger partial charge is 0.319 e. The zero-order valence-corrected chi connectivity index (χ0v) is 25.3. The molecule has 226 valence electrons. The lowest BCUT2D eigenvalue weighted by Gasteiger charge is -2.34. The van der Waals surface area contributed by atoms with Crippen LogP contribution in [0.15, 0.2) is 18.2 Å². The lowest BCUT2D eigenvalue weighted by Crippen LogP contribution is -2.51. The van der Waals surface area contributed by atoms with Crippen LogP contribution in [0.4, 0.5) is 19.7 Å². The van der Waals surface area contributed by atoms with Gasteiger partial charge in [-0.2, -0.15) is 9.97 Å². The Bertz CT molecular complexity index is 1750. The first-order valence-corrected chi connectivity index (χ1v) is 16.0. The molecule has 43 heavy (non-hydrogen) atoms. The van der Waals surface area contributed by atoms with Crippen molar-refractivity contribution in [3.8, 4) is 17.1 Å². The molecule has 4 atom stereocenters. The highest BCUT2D eigenvalue weighted by Gasteiger charge is 2.49. The summed E-state index contributed by atoms with van der Waals surface area (Å²) in [5, 5.41) is 4.51. The number of nitrogens with zero attached hydrogens (tertiary/aromatic N) is 5. The molecule has 0 amide bonds. The quantitative estimate of drug-likeness (QED) is 0.306. The van der Waals surface area contributed by atoms with E-state index in [0.29, 0.717) is 35.5 Å². The van der Waals surface area contributed by atoms with Gasteiger partial charge in [-0.15, -0.1) is 0 Å². The topological polar surface area (TPSA) is 102 Å². The van der Waals surface area contributed by atoms with Gasteiger partial charge in [0.1, 0.15) is 23.8 Å². The summed E-state index contributed by atoms with van der Waals surface area (Å²) in [6.45, 7) is 3.75. The summed E-state index contributed by atoms with van der Waals surface area (Å²) in [6, 6.07) is 5.29. The fraction of sp³-hybridized carbons (Fsp3) is 0.500. The first kappa shape index (κ1) is 27.6. The van der Waals surface area contributed by atoms with Gasteiger partial charge in [0.25, 0.3) is 0 Å². The molecule has 0 aliphatic carbocycles. The number of nitrogen functional groups attached to an aromatic ring is 1. The largest absolute Gasteiger partial charge is 0.461 e. The molecule has 0 spiro atoms. The van der Waals surface area contributed by atoms with Gasteiger partial charge in [-0.1, -0.05) is 22.9 Å². The number of aromatic nitrogens is 3. The fourth-order valence-corrected chi connectivity index (χ4v) is 8.76. The van der Waals surface area contributed by atoms with E-state index in [1.54, 1.807) is 13.2 Å². The van der Waals surface area contributed by atoms with Gasteiger partial charge >= 0.3 is 6.01 Å². The van der Waals surface area contributed by atoms with Crippen LogP contribution in [0.25, 0.3) is 32.2 Å². The number of hydrogen-bond donors (Lipinski definition) is 2. The number of rotatable bonds is 6. The Kier molecular flexibility index (Phi) is 6.64. The second kappa shape index (κ2) is 10.3. The van der Waals surface area contributed by atoms with Crippen molar-refractivity contribution in [2.75, 3.05) is 50.5 Å². The summed E-state index contributed by atoms with van der Waals surface area (Å²) < 4.78 is 43.7. The molecule has 6 heterocycles. The average molecular weight is 628 g/mol. The van der Waals surface area contributed by atoms with Crippen LogP contribution in [-0.2, 0) is 4.74 Å². The maximum Gasteiger partial charge on any atom is 0.319 e. The van der Waals surface area contributed by atoms with Crippen LogP contribution < -0.4 is 20.7 Å². The SMILES string of the molecule is CO[C@H]1CN2CCC[C@@]2(COc2nc(N3CC4CCC(C3)N4)c3cc(Cl)c(-c4ccc(F)c5sc(N)nc45)c(F)c3n2)C1. The Labute approximate surface area is 256 Å². The number of nitrogens with one attached hydrogen (secondary N) is 1. The molecule has 9 nitrogen and oxygen atoms in total. The van der Waals surface area contributed by atoms with Gasteiger partial charge in [-0.3, -0.25) is 4.90 Å². The van der Waals surface area contributed by atoms with Gasteiger partial charge < -0.3 is 25.4 Å². The van der Waals surface area contributed by atoms with Crippen molar-refractivity contribution in [3.05, 3.63) is 34.9 Å². The Hall–Kier alpha value is -2.90. The zero-order valence-electron chi connectivity index (χ0n) is 23.7. The molecule has 0 saturated carbocycles. The lowest BCUT2D eigenvalue weighted by molar-refractivity contribution is 0.0997. The number of anilines is 2. The van der Waals surface area contributed by atoms with Gasteiger partial charge in [-0.25, -0.2) is 13.8 Å². The molecule has 2 bridgehead atoms. The number of halogens is 3. The summed E-state index contributed by atoms with van der Waals surface area (Å²) >= 11 is 7.84. The Morgan fingerprint density at radius 1 is 1.14 bits per heavy atom. The van der Waals surface area contributed by atoms with Crippen LogP contribution in [0.1, 0.15) is 32.1 Å². The summed E-state index contributed by atoms with van der Waals surface area (Å²) in [4.78, 5) is 18.5. The third kappa shape index (κ3) is 4.52. The minimum atomic E-state index is -0.630. The second-order valence-corrected chi connectivity index (χ2v) is 13.7. The first-order chi connectivity index (χ1) is 20.8. The molecule has 3 N–H and O–H groups in total. The Balaban J connectivity index is 1.25. The van der Waals surface area contributed by atoms with E-state index in [0.717, 1.165) is 69.6 Å². The molecule has 2 aromatic carbocycles.